The molecule has 0 radical (unpaired) electrons. The number of rotatable bonds is 8. The minimum atomic E-state index is -1.50. The van der Waals surface area contributed by atoms with E-state index < -0.39 is 41.0 Å². The molecule has 2 heterocycles. The van der Waals surface area contributed by atoms with Gasteiger partial charge in [0.25, 0.3) is 0 Å². The predicted octanol–water partition coefficient (Wildman–Crippen LogP) is 4.26. The number of ether oxygens (including phenoxy) is 2. The standard InChI is InChI=1S/C19H19F4NO4/c1-10-16(20)18(22)13(19(23)17(10)21)9-27-8-12-6-14(24-28-12)15(25)3-2-11-4-5-26-7-11/h6,11H,2-5,7-9H2,1H3. The molecular weight excluding hydrogens is 382 g/mol. The molecule has 152 valence electrons. The summed E-state index contributed by atoms with van der Waals surface area (Å²) in [5.41, 5.74) is -1.46. The van der Waals surface area contributed by atoms with Gasteiger partial charge in [0.05, 0.1) is 12.2 Å². The van der Waals surface area contributed by atoms with E-state index in [4.69, 9.17) is 14.0 Å². The molecule has 1 unspecified atom stereocenters. The SMILES string of the molecule is Cc1c(F)c(F)c(COCc2cc(C(=O)CCC3CCOC3)no2)c(F)c1F. The lowest BCUT2D eigenvalue weighted by atomic mass is 10.00. The number of carbonyl (C=O) groups excluding carboxylic acids is 1. The van der Waals surface area contributed by atoms with Crippen molar-refractivity contribution in [3.8, 4) is 0 Å². The zero-order valence-electron chi connectivity index (χ0n) is 15.2. The van der Waals surface area contributed by atoms with Gasteiger partial charge in [-0.25, -0.2) is 17.6 Å². The summed E-state index contributed by atoms with van der Waals surface area (Å²) in [6, 6.07) is 1.37. The fourth-order valence-electron chi connectivity index (χ4n) is 2.95. The summed E-state index contributed by atoms with van der Waals surface area (Å²) in [6.45, 7) is 1.32. The van der Waals surface area contributed by atoms with Gasteiger partial charge in [0.1, 0.15) is 12.3 Å². The van der Waals surface area contributed by atoms with Crippen molar-refractivity contribution in [2.45, 2.75) is 39.4 Å². The van der Waals surface area contributed by atoms with Crippen LogP contribution in [0.5, 0.6) is 0 Å². The molecule has 3 rings (SSSR count). The van der Waals surface area contributed by atoms with Crippen molar-refractivity contribution in [2.24, 2.45) is 5.92 Å². The van der Waals surface area contributed by atoms with Crippen LogP contribution in [0, 0.1) is 36.1 Å². The highest BCUT2D eigenvalue weighted by Gasteiger charge is 2.23. The topological polar surface area (TPSA) is 61.6 Å². The maximum Gasteiger partial charge on any atom is 0.184 e. The molecule has 0 spiro atoms. The number of benzene rings is 1. The molecular formula is C19H19F4NO4. The first-order valence-electron chi connectivity index (χ1n) is 8.84. The van der Waals surface area contributed by atoms with Crippen LogP contribution in [-0.2, 0) is 22.7 Å². The Bertz CT molecular complexity index is 833. The van der Waals surface area contributed by atoms with E-state index in [0.29, 0.717) is 32.0 Å². The summed E-state index contributed by atoms with van der Waals surface area (Å²) in [7, 11) is 0. The number of nitrogens with zero attached hydrogens (tertiary/aromatic N) is 1. The molecule has 0 amide bonds. The highest BCUT2D eigenvalue weighted by Crippen LogP contribution is 2.24. The van der Waals surface area contributed by atoms with Crippen LogP contribution < -0.4 is 0 Å². The Kier molecular flexibility index (Phi) is 6.46. The molecule has 1 fully saturated rings. The van der Waals surface area contributed by atoms with E-state index in [9.17, 15) is 22.4 Å². The number of aromatic nitrogens is 1. The van der Waals surface area contributed by atoms with Gasteiger partial charge in [0.15, 0.2) is 34.8 Å². The quantitative estimate of drug-likeness (QED) is 0.376. The normalized spacial score (nSPS) is 16.7. The van der Waals surface area contributed by atoms with Crippen LogP contribution in [0.4, 0.5) is 17.6 Å². The highest BCUT2D eigenvalue weighted by atomic mass is 19.2. The van der Waals surface area contributed by atoms with Crippen LogP contribution in [-0.4, -0.2) is 24.2 Å². The number of hydrogen-bond acceptors (Lipinski definition) is 5. The first-order valence-corrected chi connectivity index (χ1v) is 8.84. The van der Waals surface area contributed by atoms with Crippen molar-refractivity contribution in [1.29, 1.82) is 0 Å². The van der Waals surface area contributed by atoms with Crippen molar-refractivity contribution in [3.63, 3.8) is 0 Å². The Morgan fingerprint density at radius 2 is 1.89 bits per heavy atom. The first-order chi connectivity index (χ1) is 13.4. The molecule has 1 aromatic heterocycles. The maximum atomic E-state index is 13.8. The lowest BCUT2D eigenvalue weighted by Crippen LogP contribution is -2.08. The number of halogens is 4. The zero-order valence-corrected chi connectivity index (χ0v) is 15.2. The van der Waals surface area contributed by atoms with Crippen LogP contribution in [0.1, 0.15) is 46.6 Å². The number of carbonyl (C=O) groups is 1. The van der Waals surface area contributed by atoms with E-state index >= 15 is 0 Å². The summed E-state index contributed by atoms with van der Waals surface area (Å²) >= 11 is 0. The number of ketones is 1. The van der Waals surface area contributed by atoms with Crippen molar-refractivity contribution < 1.29 is 36.4 Å². The smallest absolute Gasteiger partial charge is 0.184 e. The van der Waals surface area contributed by atoms with Crippen LogP contribution in [0.25, 0.3) is 0 Å². The van der Waals surface area contributed by atoms with E-state index in [2.05, 4.69) is 5.16 Å². The van der Waals surface area contributed by atoms with Gasteiger partial charge in [0, 0.05) is 31.3 Å². The Hall–Kier alpha value is -2.26. The molecule has 1 atom stereocenters. The average molecular weight is 401 g/mol. The average Bonchev–Trinajstić information content (AvgIpc) is 3.37. The first kappa shape index (κ1) is 20.5. The molecule has 28 heavy (non-hydrogen) atoms. The molecule has 1 aromatic carbocycles. The Balaban J connectivity index is 1.54. The number of hydrogen-bond donors (Lipinski definition) is 0. The predicted molar refractivity (Wildman–Crippen MR) is 88.5 cm³/mol. The summed E-state index contributed by atoms with van der Waals surface area (Å²) in [4.78, 5) is 12.1. The monoisotopic (exact) mass is 401 g/mol. The second-order valence-electron chi connectivity index (χ2n) is 6.72. The van der Waals surface area contributed by atoms with Gasteiger partial charge >= 0.3 is 0 Å². The highest BCUT2D eigenvalue weighted by molar-refractivity contribution is 5.94. The molecule has 1 aliphatic rings. The minimum absolute atomic E-state index is 0.127. The van der Waals surface area contributed by atoms with Gasteiger partial charge in [-0.2, -0.15) is 0 Å². The molecule has 0 aliphatic carbocycles. The van der Waals surface area contributed by atoms with Crippen molar-refractivity contribution >= 4 is 5.78 Å². The molecule has 5 nitrogen and oxygen atoms in total. The zero-order chi connectivity index (χ0) is 20.3. The van der Waals surface area contributed by atoms with Gasteiger partial charge in [0.2, 0.25) is 0 Å². The fourth-order valence-corrected chi connectivity index (χ4v) is 2.95. The van der Waals surface area contributed by atoms with E-state index in [1.54, 1.807) is 0 Å². The summed E-state index contributed by atoms with van der Waals surface area (Å²) in [5.74, 6) is -5.60. The summed E-state index contributed by atoms with van der Waals surface area (Å²) < 4.78 is 70.0. The van der Waals surface area contributed by atoms with Crippen LogP contribution in [0.2, 0.25) is 0 Å². The van der Waals surface area contributed by atoms with E-state index in [1.165, 1.54) is 6.07 Å². The van der Waals surface area contributed by atoms with Gasteiger partial charge in [-0.1, -0.05) is 5.16 Å². The largest absolute Gasteiger partial charge is 0.381 e. The van der Waals surface area contributed by atoms with Crippen LogP contribution in [0.15, 0.2) is 10.6 Å². The number of Topliss-reactive ketones (excluding diaryl/α,β-unsaturated/α-hetero) is 1. The Morgan fingerprint density at radius 3 is 2.54 bits per heavy atom. The maximum absolute atomic E-state index is 13.8. The second kappa shape index (κ2) is 8.83. The third kappa shape index (κ3) is 4.41. The van der Waals surface area contributed by atoms with Gasteiger partial charge in [-0.15, -0.1) is 0 Å². The van der Waals surface area contributed by atoms with E-state index in [-0.39, 0.29) is 23.8 Å². The lowest BCUT2D eigenvalue weighted by Gasteiger charge is -2.09. The van der Waals surface area contributed by atoms with Crippen molar-refractivity contribution in [3.05, 3.63) is 51.9 Å². The minimum Gasteiger partial charge on any atom is -0.381 e. The molecule has 1 aliphatic heterocycles. The third-order valence-corrected chi connectivity index (χ3v) is 4.71. The molecule has 1 saturated heterocycles. The Morgan fingerprint density at radius 1 is 1.18 bits per heavy atom. The third-order valence-electron chi connectivity index (χ3n) is 4.71. The van der Waals surface area contributed by atoms with Crippen LogP contribution in [0.3, 0.4) is 0 Å². The van der Waals surface area contributed by atoms with Gasteiger partial charge < -0.3 is 14.0 Å². The van der Waals surface area contributed by atoms with Gasteiger partial charge in [-0.05, 0) is 25.7 Å². The fraction of sp³-hybridized carbons (Fsp3) is 0.474. The summed E-state index contributed by atoms with van der Waals surface area (Å²) in [6.07, 6.45) is 1.93. The second-order valence-corrected chi connectivity index (χ2v) is 6.72. The van der Waals surface area contributed by atoms with E-state index in [1.807, 2.05) is 0 Å². The summed E-state index contributed by atoms with van der Waals surface area (Å²) in [5, 5.41) is 3.66. The molecule has 0 bridgehead atoms. The van der Waals surface area contributed by atoms with E-state index in [0.717, 1.165) is 13.3 Å². The molecule has 9 heteroatoms. The molecule has 0 saturated carbocycles. The lowest BCUT2D eigenvalue weighted by molar-refractivity contribution is 0.0829. The molecule has 2 aromatic rings. The Labute approximate surface area is 158 Å². The molecule has 0 N–H and O–H groups in total. The van der Waals surface area contributed by atoms with Gasteiger partial charge in [-0.3, -0.25) is 4.79 Å². The van der Waals surface area contributed by atoms with Crippen LogP contribution >= 0.6 is 0 Å². The van der Waals surface area contributed by atoms with Crippen molar-refractivity contribution in [2.75, 3.05) is 13.2 Å². The van der Waals surface area contributed by atoms with Crippen molar-refractivity contribution in [1.82, 2.24) is 5.16 Å².